The van der Waals surface area contributed by atoms with E-state index in [4.69, 9.17) is 28.4 Å². The molecule has 0 bridgehead atoms. The molecule has 3 aliphatic rings. The standard InChI is InChI=1S/C36H38O19/c37-12-24-28(44)30(46)32(48)35(54-24)52-22-10-17(39)9-21-18(22)11-23(34(51-21)15-7-19(40)27(43)20(41)8-15)53-36-33(49)31(47)29(45)25(55-36)13-50-26(42)6-3-14-1-4-16(38)5-2-14/h1-11,24-25,28-41,43-49H,12-13H2. The minimum absolute atomic E-state index is 0.0206. The number of phenols is 5. The second-order valence-corrected chi connectivity index (χ2v) is 12.8. The van der Waals surface area contributed by atoms with Crippen LogP contribution < -0.4 is 9.47 Å². The van der Waals surface area contributed by atoms with E-state index < -0.39 is 110 Å². The number of hydrogen-bond acceptors (Lipinski definition) is 19. The maximum Gasteiger partial charge on any atom is 0.330 e. The van der Waals surface area contributed by atoms with E-state index in [2.05, 4.69) is 0 Å². The summed E-state index contributed by atoms with van der Waals surface area (Å²) in [4.78, 5) is 12.4. The van der Waals surface area contributed by atoms with Crippen molar-refractivity contribution in [1.82, 2.24) is 0 Å². The summed E-state index contributed by atoms with van der Waals surface area (Å²) in [7, 11) is 0. The van der Waals surface area contributed by atoms with Gasteiger partial charge in [-0.1, -0.05) is 12.1 Å². The lowest BCUT2D eigenvalue weighted by Gasteiger charge is -2.41. The average Bonchev–Trinajstić information content (AvgIpc) is 3.16. The van der Waals surface area contributed by atoms with E-state index in [-0.39, 0.29) is 34.1 Å². The number of hydrogen-bond donors (Lipinski definition) is 12. The van der Waals surface area contributed by atoms with Crippen molar-refractivity contribution in [3.63, 3.8) is 0 Å². The summed E-state index contributed by atoms with van der Waals surface area (Å²) in [6.45, 7) is -1.40. The molecule has 0 aromatic heterocycles. The Morgan fingerprint density at radius 2 is 1.31 bits per heavy atom. The van der Waals surface area contributed by atoms with Gasteiger partial charge in [0.05, 0.1) is 12.2 Å². The third-order valence-corrected chi connectivity index (χ3v) is 8.98. The molecule has 11 unspecified atom stereocenters. The SMILES string of the molecule is O=C(C=Cc1ccc(O)cc1)OCC1OC(OC2=Cc3c(cc(O)cc3OC3OC(CO)C(O)C(O)C3O)OC2c2cc(O)c(O)c(O)c2)C(O)C(O)C1O. The molecule has 2 fully saturated rings. The van der Waals surface area contributed by atoms with Gasteiger partial charge in [0, 0.05) is 23.8 Å². The van der Waals surface area contributed by atoms with Crippen LogP contribution in [0.2, 0.25) is 0 Å². The van der Waals surface area contributed by atoms with Crippen LogP contribution in [-0.4, -0.2) is 142 Å². The number of carbonyl (C=O) groups is 1. The topological polar surface area (TPSA) is 315 Å². The molecule has 6 rings (SSSR count). The monoisotopic (exact) mass is 774 g/mol. The third-order valence-electron chi connectivity index (χ3n) is 8.98. The predicted octanol–water partition coefficient (Wildman–Crippen LogP) is -1.05. The number of benzene rings is 3. The fourth-order valence-electron chi connectivity index (χ4n) is 5.97. The Hall–Kier alpha value is -5.35. The highest BCUT2D eigenvalue weighted by atomic mass is 16.7. The Balaban J connectivity index is 1.29. The lowest BCUT2D eigenvalue weighted by atomic mass is 9.98. The van der Waals surface area contributed by atoms with Crippen LogP contribution in [-0.2, 0) is 23.7 Å². The van der Waals surface area contributed by atoms with E-state index in [0.717, 1.165) is 30.3 Å². The van der Waals surface area contributed by atoms with Gasteiger partial charge in [0.25, 0.3) is 0 Å². The van der Waals surface area contributed by atoms with Crippen LogP contribution in [0.5, 0.6) is 40.2 Å². The first-order valence-electron chi connectivity index (χ1n) is 16.6. The van der Waals surface area contributed by atoms with Crippen molar-refractivity contribution in [3.8, 4) is 40.2 Å². The van der Waals surface area contributed by atoms with E-state index >= 15 is 0 Å². The van der Waals surface area contributed by atoms with Gasteiger partial charge >= 0.3 is 5.97 Å². The van der Waals surface area contributed by atoms with Crippen molar-refractivity contribution in [1.29, 1.82) is 0 Å². The summed E-state index contributed by atoms with van der Waals surface area (Å²) in [5.74, 6) is -4.45. The minimum Gasteiger partial charge on any atom is -0.508 e. The fraction of sp³-hybridized carbons (Fsp3) is 0.361. The van der Waals surface area contributed by atoms with Gasteiger partial charge in [-0.25, -0.2) is 4.79 Å². The molecule has 3 aromatic rings. The molecule has 0 aliphatic carbocycles. The van der Waals surface area contributed by atoms with Gasteiger partial charge in [0.1, 0.15) is 84.2 Å². The molecule has 11 atom stereocenters. The van der Waals surface area contributed by atoms with Gasteiger partial charge in [-0.15, -0.1) is 0 Å². The van der Waals surface area contributed by atoms with Crippen LogP contribution in [0.1, 0.15) is 22.8 Å². The molecular formula is C36H38O19. The summed E-state index contributed by atoms with van der Waals surface area (Å²) >= 11 is 0. The van der Waals surface area contributed by atoms with Crippen LogP contribution in [0.3, 0.4) is 0 Å². The molecule has 0 radical (unpaired) electrons. The first-order valence-corrected chi connectivity index (χ1v) is 16.6. The largest absolute Gasteiger partial charge is 0.508 e. The molecule has 19 nitrogen and oxygen atoms in total. The maximum atomic E-state index is 12.4. The molecule has 3 aliphatic heterocycles. The van der Waals surface area contributed by atoms with Crippen molar-refractivity contribution in [2.45, 2.75) is 67.5 Å². The molecule has 0 spiro atoms. The van der Waals surface area contributed by atoms with Gasteiger partial charge in [0.15, 0.2) is 23.4 Å². The molecule has 12 N–H and O–H groups in total. The summed E-state index contributed by atoms with van der Waals surface area (Å²) in [6.07, 6.45) is -15.2. The number of phenolic OH excluding ortho intramolecular Hbond substituents is 5. The number of aliphatic hydroxyl groups excluding tert-OH is 7. The molecule has 3 heterocycles. The number of ether oxygens (including phenoxy) is 6. The molecule has 3 aromatic carbocycles. The quantitative estimate of drug-likeness (QED) is 0.0664. The first kappa shape index (κ1) is 39.3. The lowest BCUT2D eigenvalue weighted by molar-refractivity contribution is -0.294. The molecule has 0 amide bonds. The lowest BCUT2D eigenvalue weighted by Crippen LogP contribution is -2.60. The minimum atomic E-state index is -1.95. The Morgan fingerprint density at radius 3 is 1.95 bits per heavy atom. The molecule has 19 heteroatoms. The van der Waals surface area contributed by atoms with E-state index in [1.165, 1.54) is 36.4 Å². The smallest absolute Gasteiger partial charge is 0.330 e. The zero-order valence-corrected chi connectivity index (χ0v) is 28.3. The Labute approximate surface area is 310 Å². The van der Waals surface area contributed by atoms with Crippen LogP contribution in [0.25, 0.3) is 12.2 Å². The second kappa shape index (κ2) is 16.2. The van der Waals surface area contributed by atoms with Crippen molar-refractivity contribution in [2.75, 3.05) is 13.2 Å². The van der Waals surface area contributed by atoms with Crippen LogP contribution in [0.15, 0.2) is 60.4 Å². The summed E-state index contributed by atoms with van der Waals surface area (Å²) in [5.41, 5.74) is 0.452. The molecule has 2 saturated heterocycles. The molecule has 0 saturated carbocycles. The molecule has 55 heavy (non-hydrogen) atoms. The van der Waals surface area contributed by atoms with E-state index in [1.807, 2.05) is 0 Å². The molecular weight excluding hydrogens is 736 g/mol. The number of aromatic hydroxyl groups is 5. The fourth-order valence-corrected chi connectivity index (χ4v) is 5.97. The van der Waals surface area contributed by atoms with Crippen LogP contribution in [0, 0.1) is 0 Å². The maximum absolute atomic E-state index is 12.4. The van der Waals surface area contributed by atoms with Gasteiger partial charge in [0.2, 0.25) is 12.6 Å². The highest BCUT2D eigenvalue weighted by Crippen LogP contribution is 2.47. The number of esters is 1. The van der Waals surface area contributed by atoms with Crippen molar-refractivity contribution in [2.24, 2.45) is 0 Å². The Kier molecular flexibility index (Phi) is 11.6. The van der Waals surface area contributed by atoms with Crippen LogP contribution in [0.4, 0.5) is 0 Å². The third kappa shape index (κ3) is 8.34. The number of aliphatic hydroxyl groups is 7. The number of carbonyl (C=O) groups excluding carboxylic acids is 1. The first-order chi connectivity index (χ1) is 26.1. The Morgan fingerprint density at radius 1 is 0.709 bits per heavy atom. The highest BCUT2D eigenvalue weighted by Gasteiger charge is 2.48. The molecule has 296 valence electrons. The highest BCUT2D eigenvalue weighted by molar-refractivity contribution is 5.87. The van der Waals surface area contributed by atoms with Gasteiger partial charge in [-0.3, -0.25) is 0 Å². The van der Waals surface area contributed by atoms with Crippen molar-refractivity contribution < 1.29 is 94.5 Å². The predicted molar refractivity (Wildman–Crippen MR) is 181 cm³/mol. The summed E-state index contributed by atoms with van der Waals surface area (Å²) in [5, 5.41) is 124. The van der Waals surface area contributed by atoms with E-state index in [9.17, 15) is 66.1 Å². The van der Waals surface area contributed by atoms with Gasteiger partial charge in [-0.2, -0.15) is 0 Å². The van der Waals surface area contributed by atoms with Crippen molar-refractivity contribution in [3.05, 3.63) is 77.1 Å². The summed E-state index contributed by atoms with van der Waals surface area (Å²) in [6, 6.07) is 10.1. The van der Waals surface area contributed by atoms with E-state index in [0.29, 0.717) is 5.56 Å². The Bertz CT molecular complexity index is 1890. The zero-order chi connectivity index (χ0) is 39.7. The number of fused-ring (bicyclic) bond motifs is 1. The second-order valence-electron chi connectivity index (χ2n) is 12.8. The zero-order valence-electron chi connectivity index (χ0n) is 28.3. The van der Waals surface area contributed by atoms with Gasteiger partial charge in [-0.05, 0) is 42.0 Å². The van der Waals surface area contributed by atoms with Crippen molar-refractivity contribution >= 4 is 18.1 Å². The summed E-state index contributed by atoms with van der Waals surface area (Å²) < 4.78 is 34.2. The normalized spacial score (nSPS) is 30.5. The average molecular weight is 775 g/mol. The van der Waals surface area contributed by atoms with E-state index in [1.54, 1.807) is 0 Å². The number of rotatable bonds is 10. The van der Waals surface area contributed by atoms with Gasteiger partial charge < -0.3 is 89.7 Å². The van der Waals surface area contributed by atoms with Crippen LogP contribution >= 0.6 is 0 Å².